The van der Waals surface area contributed by atoms with E-state index >= 15 is 0 Å². The van der Waals surface area contributed by atoms with Crippen LogP contribution in [0.2, 0.25) is 0 Å². The second-order valence-electron chi connectivity index (χ2n) is 5.12. The molecule has 0 spiro atoms. The van der Waals surface area contributed by atoms with Crippen molar-refractivity contribution in [2.24, 2.45) is 11.7 Å². The van der Waals surface area contributed by atoms with Gasteiger partial charge in [0, 0.05) is 5.56 Å². The first-order valence-corrected chi connectivity index (χ1v) is 6.33. The van der Waals surface area contributed by atoms with Gasteiger partial charge in [-0.15, -0.1) is 0 Å². The van der Waals surface area contributed by atoms with Crippen LogP contribution in [0.1, 0.15) is 42.9 Å². The summed E-state index contributed by atoms with van der Waals surface area (Å²) in [7, 11) is 0. The van der Waals surface area contributed by atoms with E-state index in [0.29, 0.717) is 5.56 Å². The molecule has 0 amide bonds. The van der Waals surface area contributed by atoms with Crippen molar-refractivity contribution >= 4 is 0 Å². The summed E-state index contributed by atoms with van der Waals surface area (Å²) in [5.74, 6) is 0.472. The number of phenolic OH excluding ortho intramolecular Hbond substituents is 1. The van der Waals surface area contributed by atoms with Crippen LogP contribution >= 0.6 is 0 Å². The van der Waals surface area contributed by atoms with Crippen molar-refractivity contribution in [3.63, 3.8) is 0 Å². The van der Waals surface area contributed by atoms with Crippen molar-refractivity contribution in [2.75, 3.05) is 0 Å². The molecule has 17 heavy (non-hydrogen) atoms. The van der Waals surface area contributed by atoms with Gasteiger partial charge in [0.15, 0.2) is 0 Å². The molecule has 2 atom stereocenters. The van der Waals surface area contributed by atoms with Crippen molar-refractivity contribution in [1.82, 2.24) is 0 Å². The van der Waals surface area contributed by atoms with Crippen molar-refractivity contribution in [3.05, 3.63) is 29.3 Å². The van der Waals surface area contributed by atoms with Crippen molar-refractivity contribution in [1.29, 1.82) is 0 Å². The Balaban J connectivity index is 2.15. The maximum Gasteiger partial charge on any atom is 0.120 e. The molecule has 0 saturated heterocycles. The molecule has 0 aromatic heterocycles. The first kappa shape index (κ1) is 12.4. The van der Waals surface area contributed by atoms with Crippen LogP contribution in [-0.4, -0.2) is 16.3 Å². The summed E-state index contributed by atoms with van der Waals surface area (Å²) in [6, 6.07) is 4.93. The minimum Gasteiger partial charge on any atom is -0.508 e. The van der Waals surface area contributed by atoms with E-state index in [2.05, 4.69) is 0 Å². The predicted octanol–water partition coefficient (Wildman–Crippen LogP) is 2.25. The summed E-state index contributed by atoms with van der Waals surface area (Å²) in [5.41, 5.74) is 7.70. The number of hydrogen-bond donors (Lipinski definition) is 3. The second-order valence-corrected chi connectivity index (χ2v) is 5.12. The van der Waals surface area contributed by atoms with Crippen LogP contribution < -0.4 is 5.73 Å². The quantitative estimate of drug-likeness (QED) is 0.752. The van der Waals surface area contributed by atoms with Crippen LogP contribution in [0, 0.1) is 12.8 Å². The number of aliphatic hydroxyl groups is 1. The zero-order valence-corrected chi connectivity index (χ0v) is 10.3. The lowest BCUT2D eigenvalue weighted by atomic mass is 9.90. The van der Waals surface area contributed by atoms with E-state index < -0.39 is 12.1 Å². The van der Waals surface area contributed by atoms with Gasteiger partial charge in [-0.1, -0.05) is 25.0 Å². The zero-order chi connectivity index (χ0) is 12.4. The third kappa shape index (κ3) is 2.61. The van der Waals surface area contributed by atoms with Crippen LogP contribution in [0.4, 0.5) is 0 Å². The highest BCUT2D eigenvalue weighted by atomic mass is 16.3. The number of aryl methyl sites for hydroxylation is 1. The Morgan fingerprint density at radius 2 is 1.94 bits per heavy atom. The van der Waals surface area contributed by atoms with E-state index in [-0.39, 0.29) is 11.7 Å². The third-order valence-corrected chi connectivity index (χ3v) is 3.80. The minimum atomic E-state index is -0.550. The van der Waals surface area contributed by atoms with E-state index in [0.717, 1.165) is 18.4 Å². The van der Waals surface area contributed by atoms with E-state index in [1.165, 1.54) is 12.8 Å². The van der Waals surface area contributed by atoms with Gasteiger partial charge in [-0.25, -0.2) is 0 Å². The molecule has 94 valence electrons. The van der Waals surface area contributed by atoms with Gasteiger partial charge in [-0.05, 0) is 37.3 Å². The number of nitrogens with two attached hydrogens (primary N) is 1. The molecule has 3 heteroatoms. The van der Waals surface area contributed by atoms with Gasteiger partial charge in [0.2, 0.25) is 0 Å². The standard InChI is InChI=1S/C14H21NO2/c1-9-6-7-11(12(16)8-9)13(15)14(17)10-4-2-3-5-10/h6-8,10,13-14,16-17H,2-5,15H2,1H3/t13-,14+/m0/s1. The van der Waals surface area contributed by atoms with Gasteiger partial charge in [0.05, 0.1) is 12.1 Å². The zero-order valence-electron chi connectivity index (χ0n) is 10.3. The summed E-state index contributed by atoms with van der Waals surface area (Å²) >= 11 is 0. The molecule has 1 aliphatic carbocycles. The number of phenols is 1. The molecular formula is C14H21NO2. The minimum absolute atomic E-state index is 0.189. The molecule has 1 saturated carbocycles. The van der Waals surface area contributed by atoms with Crippen LogP contribution in [0.25, 0.3) is 0 Å². The molecule has 0 aliphatic heterocycles. The monoisotopic (exact) mass is 235 g/mol. The summed E-state index contributed by atoms with van der Waals surface area (Å²) in [5, 5.41) is 20.1. The molecule has 1 aromatic carbocycles. The van der Waals surface area contributed by atoms with Crippen molar-refractivity contribution < 1.29 is 10.2 Å². The molecule has 0 heterocycles. The normalized spacial score (nSPS) is 20.4. The molecule has 1 aromatic rings. The van der Waals surface area contributed by atoms with Crippen LogP contribution in [0.15, 0.2) is 18.2 Å². The van der Waals surface area contributed by atoms with Crippen molar-refractivity contribution in [3.8, 4) is 5.75 Å². The maximum atomic E-state index is 10.2. The fraction of sp³-hybridized carbons (Fsp3) is 0.571. The second kappa shape index (κ2) is 5.07. The lowest BCUT2D eigenvalue weighted by Gasteiger charge is -2.25. The number of benzene rings is 1. The lowest BCUT2D eigenvalue weighted by Crippen LogP contribution is -2.31. The van der Waals surface area contributed by atoms with E-state index in [1.807, 2.05) is 19.1 Å². The number of rotatable bonds is 3. The SMILES string of the molecule is Cc1ccc([C@H](N)[C@H](O)C2CCCC2)c(O)c1. The number of aliphatic hydroxyl groups excluding tert-OH is 1. The summed E-state index contributed by atoms with van der Waals surface area (Å²) < 4.78 is 0. The molecule has 3 nitrogen and oxygen atoms in total. The largest absolute Gasteiger partial charge is 0.508 e. The van der Waals surface area contributed by atoms with Gasteiger partial charge in [-0.2, -0.15) is 0 Å². The lowest BCUT2D eigenvalue weighted by molar-refractivity contribution is 0.0836. The predicted molar refractivity (Wildman–Crippen MR) is 67.7 cm³/mol. The topological polar surface area (TPSA) is 66.5 Å². The molecule has 0 unspecified atom stereocenters. The number of hydrogen-bond acceptors (Lipinski definition) is 3. The molecule has 0 radical (unpaired) electrons. The Morgan fingerprint density at radius 1 is 1.29 bits per heavy atom. The van der Waals surface area contributed by atoms with Gasteiger partial charge < -0.3 is 15.9 Å². The molecule has 2 rings (SSSR count). The molecule has 1 fully saturated rings. The summed E-state index contributed by atoms with van der Waals surface area (Å²) in [6.45, 7) is 1.92. The Bertz CT molecular complexity index is 386. The smallest absolute Gasteiger partial charge is 0.120 e. The molecule has 0 bridgehead atoms. The molecular weight excluding hydrogens is 214 g/mol. The van der Waals surface area contributed by atoms with E-state index in [1.54, 1.807) is 6.07 Å². The fourth-order valence-electron chi connectivity index (χ4n) is 2.71. The Labute approximate surface area is 102 Å². The van der Waals surface area contributed by atoms with E-state index in [4.69, 9.17) is 5.73 Å². The maximum absolute atomic E-state index is 10.2. The average molecular weight is 235 g/mol. The Hall–Kier alpha value is -1.06. The Morgan fingerprint density at radius 3 is 2.53 bits per heavy atom. The van der Waals surface area contributed by atoms with Gasteiger partial charge in [0.1, 0.15) is 5.75 Å². The van der Waals surface area contributed by atoms with Crippen molar-refractivity contribution in [2.45, 2.75) is 44.8 Å². The number of aromatic hydroxyl groups is 1. The summed E-state index contributed by atoms with van der Waals surface area (Å²) in [4.78, 5) is 0. The summed E-state index contributed by atoms with van der Waals surface area (Å²) in [6.07, 6.45) is 3.89. The third-order valence-electron chi connectivity index (χ3n) is 3.80. The fourth-order valence-corrected chi connectivity index (χ4v) is 2.71. The van der Waals surface area contributed by atoms with E-state index in [9.17, 15) is 10.2 Å². The highest BCUT2D eigenvalue weighted by molar-refractivity contribution is 5.38. The molecule has 1 aliphatic rings. The first-order chi connectivity index (χ1) is 8.09. The highest BCUT2D eigenvalue weighted by Gasteiger charge is 2.29. The highest BCUT2D eigenvalue weighted by Crippen LogP contribution is 2.34. The molecule has 4 N–H and O–H groups in total. The van der Waals surface area contributed by atoms with Crippen LogP contribution in [0.5, 0.6) is 5.75 Å². The van der Waals surface area contributed by atoms with Crippen LogP contribution in [0.3, 0.4) is 0 Å². The van der Waals surface area contributed by atoms with Gasteiger partial charge in [-0.3, -0.25) is 0 Å². The average Bonchev–Trinajstić information content (AvgIpc) is 2.80. The van der Waals surface area contributed by atoms with Gasteiger partial charge >= 0.3 is 0 Å². The first-order valence-electron chi connectivity index (χ1n) is 6.33. The Kier molecular flexibility index (Phi) is 3.69. The van der Waals surface area contributed by atoms with Gasteiger partial charge in [0.25, 0.3) is 0 Å². The van der Waals surface area contributed by atoms with Crippen LogP contribution in [-0.2, 0) is 0 Å².